The SMILES string of the molecule is CCNc1ncc(Br)c(Nc2c(F)cccc2Br)n1. The molecule has 100 valence electrons. The molecular formula is C12H11Br2FN4. The Hall–Kier alpha value is -1.21. The van der Waals surface area contributed by atoms with Gasteiger partial charge in [0, 0.05) is 17.2 Å². The molecule has 0 unspecified atom stereocenters. The van der Waals surface area contributed by atoms with E-state index >= 15 is 0 Å². The van der Waals surface area contributed by atoms with Crippen LogP contribution in [-0.2, 0) is 0 Å². The van der Waals surface area contributed by atoms with Crippen LogP contribution in [0.1, 0.15) is 6.92 Å². The average Bonchev–Trinajstić information content (AvgIpc) is 2.38. The highest BCUT2D eigenvalue weighted by Crippen LogP contribution is 2.30. The third-order valence-corrected chi connectivity index (χ3v) is 3.53. The van der Waals surface area contributed by atoms with Crippen LogP contribution in [0.3, 0.4) is 0 Å². The van der Waals surface area contributed by atoms with Crippen molar-refractivity contribution in [3.63, 3.8) is 0 Å². The predicted molar refractivity (Wildman–Crippen MR) is 81.3 cm³/mol. The number of aromatic nitrogens is 2. The summed E-state index contributed by atoms with van der Waals surface area (Å²) in [6, 6.07) is 4.77. The van der Waals surface area contributed by atoms with Crippen molar-refractivity contribution >= 4 is 49.3 Å². The molecule has 4 nitrogen and oxygen atoms in total. The minimum atomic E-state index is -0.357. The van der Waals surface area contributed by atoms with Crippen LogP contribution in [0.15, 0.2) is 33.3 Å². The number of hydrogen-bond acceptors (Lipinski definition) is 4. The zero-order chi connectivity index (χ0) is 13.8. The molecule has 0 aliphatic heterocycles. The number of para-hydroxylation sites is 1. The first-order chi connectivity index (χ1) is 9.11. The largest absolute Gasteiger partial charge is 0.354 e. The van der Waals surface area contributed by atoms with Crippen molar-refractivity contribution in [1.29, 1.82) is 0 Å². The van der Waals surface area contributed by atoms with Gasteiger partial charge in [-0.25, -0.2) is 9.37 Å². The fourth-order valence-electron chi connectivity index (χ4n) is 1.43. The van der Waals surface area contributed by atoms with Gasteiger partial charge >= 0.3 is 0 Å². The van der Waals surface area contributed by atoms with E-state index in [1.165, 1.54) is 6.07 Å². The fourth-order valence-corrected chi connectivity index (χ4v) is 2.17. The van der Waals surface area contributed by atoms with Gasteiger partial charge in [-0.2, -0.15) is 4.98 Å². The molecule has 7 heteroatoms. The topological polar surface area (TPSA) is 49.8 Å². The standard InChI is InChI=1S/C12H11Br2FN4/c1-2-16-12-17-6-8(14)11(19-12)18-10-7(13)4-3-5-9(10)15/h3-6H,2H2,1H3,(H2,16,17,18,19). The summed E-state index contributed by atoms with van der Waals surface area (Å²) in [7, 11) is 0. The van der Waals surface area contributed by atoms with Gasteiger partial charge in [-0.3, -0.25) is 0 Å². The Balaban J connectivity index is 2.35. The summed E-state index contributed by atoms with van der Waals surface area (Å²) in [5.41, 5.74) is 0.337. The van der Waals surface area contributed by atoms with E-state index in [1.807, 2.05) is 6.92 Å². The van der Waals surface area contributed by atoms with Crippen LogP contribution < -0.4 is 10.6 Å². The van der Waals surface area contributed by atoms with E-state index in [2.05, 4.69) is 52.5 Å². The highest BCUT2D eigenvalue weighted by molar-refractivity contribution is 9.11. The molecule has 2 N–H and O–H groups in total. The first-order valence-corrected chi connectivity index (χ1v) is 7.18. The molecule has 0 amide bonds. The second kappa shape index (κ2) is 6.29. The molecule has 0 spiro atoms. The van der Waals surface area contributed by atoms with Crippen molar-refractivity contribution in [3.05, 3.63) is 39.2 Å². The summed E-state index contributed by atoms with van der Waals surface area (Å²) >= 11 is 6.64. The molecule has 0 radical (unpaired) electrons. The number of nitrogens with one attached hydrogen (secondary N) is 2. The maximum Gasteiger partial charge on any atom is 0.224 e. The predicted octanol–water partition coefficient (Wildman–Crippen LogP) is 4.32. The van der Waals surface area contributed by atoms with Crippen LogP contribution in [0.2, 0.25) is 0 Å². The molecule has 0 saturated heterocycles. The zero-order valence-electron chi connectivity index (χ0n) is 10.0. The summed E-state index contributed by atoms with van der Waals surface area (Å²) < 4.78 is 15.0. The van der Waals surface area contributed by atoms with Crippen molar-refractivity contribution in [2.24, 2.45) is 0 Å². The minimum Gasteiger partial charge on any atom is -0.354 e. The van der Waals surface area contributed by atoms with E-state index in [-0.39, 0.29) is 5.82 Å². The summed E-state index contributed by atoms with van der Waals surface area (Å²) in [4.78, 5) is 8.37. The molecule has 0 atom stereocenters. The van der Waals surface area contributed by atoms with Crippen LogP contribution in [0.25, 0.3) is 0 Å². The van der Waals surface area contributed by atoms with Gasteiger partial charge in [0.25, 0.3) is 0 Å². The summed E-state index contributed by atoms with van der Waals surface area (Å²) in [6.07, 6.45) is 1.61. The lowest BCUT2D eigenvalue weighted by Crippen LogP contribution is -2.05. The van der Waals surface area contributed by atoms with Crippen molar-refractivity contribution in [3.8, 4) is 0 Å². The number of hydrogen-bond donors (Lipinski definition) is 2. The number of halogens is 3. The van der Waals surface area contributed by atoms with Gasteiger partial charge in [-0.1, -0.05) is 6.07 Å². The Bertz CT molecular complexity index is 572. The molecule has 0 fully saturated rings. The Labute approximate surface area is 127 Å². The molecule has 1 aromatic carbocycles. The molecule has 0 bridgehead atoms. The second-order valence-electron chi connectivity index (χ2n) is 3.64. The van der Waals surface area contributed by atoms with Gasteiger partial charge in [0.1, 0.15) is 11.6 Å². The first kappa shape index (κ1) is 14.2. The molecule has 0 aliphatic rings. The smallest absolute Gasteiger partial charge is 0.224 e. The Kier molecular flexibility index (Phi) is 4.71. The monoisotopic (exact) mass is 388 g/mol. The normalized spacial score (nSPS) is 10.3. The van der Waals surface area contributed by atoms with Crippen LogP contribution in [0.5, 0.6) is 0 Å². The number of nitrogens with zero attached hydrogens (tertiary/aromatic N) is 2. The van der Waals surface area contributed by atoms with Gasteiger partial charge in [-0.15, -0.1) is 0 Å². The highest BCUT2D eigenvalue weighted by atomic mass is 79.9. The number of benzene rings is 1. The third-order valence-electron chi connectivity index (χ3n) is 2.29. The molecule has 19 heavy (non-hydrogen) atoms. The number of anilines is 3. The Morgan fingerprint density at radius 2 is 2.05 bits per heavy atom. The van der Waals surface area contributed by atoms with Gasteiger partial charge in [0.05, 0.1) is 10.2 Å². The van der Waals surface area contributed by atoms with E-state index in [9.17, 15) is 4.39 Å². The van der Waals surface area contributed by atoms with Gasteiger partial charge in [0.15, 0.2) is 0 Å². The van der Waals surface area contributed by atoms with Crippen molar-refractivity contribution in [1.82, 2.24) is 9.97 Å². The molecule has 1 heterocycles. The lowest BCUT2D eigenvalue weighted by molar-refractivity contribution is 0.631. The van der Waals surface area contributed by atoms with E-state index in [0.29, 0.717) is 32.9 Å². The molecule has 2 aromatic rings. The third kappa shape index (κ3) is 3.42. The lowest BCUT2D eigenvalue weighted by Gasteiger charge is -2.11. The summed E-state index contributed by atoms with van der Waals surface area (Å²) in [6.45, 7) is 2.66. The average molecular weight is 390 g/mol. The lowest BCUT2D eigenvalue weighted by atomic mass is 10.3. The van der Waals surface area contributed by atoms with Crippen LogP contribution in [0.4, 0.5) is 21.8 Å². The molecule has 0 aliphatic carbocycles. The van der Waals surface area contributed by atoms with E-state index in [0.717, 1.165) is 0 Å². The molecule has 0 saturated carbocycles. The van der Waals surface area contributed by atoms with Gasteiger partial charge in [0.2, 0.25) is 5.95 Å². The Morgan fingerprint density at radius 3 is 2.74 bits per heavy atom. The van der Waals surface area contributed by atoms with Gasteiger partial charge in [-0.05, 0) is 50.9 Å². The minimum absolute atomic E-state index is 0.337. The van der Waals surface area contributed by atoms with Crippen molar-refractivity contribution < 1.29 is 4.39 Å². The maximum absolute atomic E-state index is 13.7. The summed E-state index contributed by atoms with van der Waals surface area (Å²) in [5.74, 6) is 0.627. The van der Waals surface area contributed by atoms with Crippen molar-refractivity contribution in [2.45, 2.75) is 6.92 Å². The molecule has 2 rings (SSSR count). The Morgan fingerprint density at radius 1 is 1.26 bits per heavy atom. The van der Waals surface area contributed by atoms with Crippen LogP contribution in [0, 0.1) is 5.82 Å². The second-order valence-corrected chi connectivity index (χ2v) is 5.35. The van der Waals surface area contributed by atoms with E-state index in [1.54, 1.807) is 18.3 Å². The molecule has 1 aromatic heterocycles. The van der Waals surface area contributed by atoms with E-state index in [4.69, 9.17) is 0 Å². The number of rotatable bonds is 4. The quantitative estimate of drug-likeness (QED) is 0.817. The summed E-state index contributed by atoms with van der Waals surface area (Å²) in [5, 5.41) is 5.95. The fraction of sp³-hybridized carbons (Fsp3) is 0.167. The maximum atomic E-state index is 13.7. The van der Waals surface area contributed by atoms with E-state index < -0.39 is 0 Å². The van der Waals surface area contributed by atoms with Crippen molar-refractivity contribution in [2.75, 3.05) is 17.2 Å². The van der Waals surface area contributed by atoms with Gasteiger partial charge < -0.3 is 10.6 Å². The zero-order valence-corrected chi connectivity index (χ0v) is 13.2. The first-order valence-electron chi connectivity index (χ1n) is 5.59. The van der Waals surface area contributed by atoms with Crippen LogP contribution in [-0.4, -0.2) is 16.5 Å². The highest BCUT2D eigenvalue weighted by Gasteiger charge is 2.10. The van der Waals surface area contributed by atoms with Crippen LogP contribution >= 0.6 is 31.9 Å². The molecular weight excluding hydrogens is 379 g/mol.